The summed E-state index contributed by atoms with van der Waals surface area (Å²) in [6, 6.07) is 21.0. The van der Waals surface area contributed by atoms with Gasteiger partial charge in [-0.15, -0.1) is 0 Å². The van der Waals surface area contributed by atoms with E-state index in [1.54, 1.807) is 36.4 Å². The van der Waals surface area contributed by atoms with Gasteiger partial charge in [0.2, 0.25) is 0 Å². The zero-order chi connectivity index (χ0) is 27.7. The van der Waals surface area contributed by atoms with Crippen LogP contribution in [0.25, 0.3) is 11.0 Å². The molecule has 0 saturated carbocycles. The molecule has 0 fully saturated rings. The van der Waals surface area contributed by atoms with Crippen molar-refractivity contribution in [2.75, 3.05) is 7.11 Å². The van der Waals surface area contributed by atoms with Crippen LogP contribution in [-0.2, 0) is 0 Å². The average Bonchev–Trinajstić information content (AvgIpc) is 2.93. The van der Waals surface area contributed by atoms with E-state index in [2.05, 4.69) is 0 Å². The van der Waals surface area contributed by atoms with Crippen molar-refractivity contribution < 1.29 is 34.4 Å². The number of phenols is 4. The van der Waals surface area contributed by atoms with Gasteiger partial charge in [0.05, 0.1) is 30.2 Å². The number of carbonyl (C=O) groups is 1. The number of phenolic OH excluding ortho intramolecular Hbond substituents is 4. The second-order valence-corrected chi connectivity index (χ2v) is 9.09. The molecule has 196 valence electrons. The third kappa shape index (κ3) is 4.87. The topological polar surface area (TPSA) is 137 Å². The molecular weight excluding hydrogens is 500 g/mol. The molecule has 1 heterocycles. The molecule has 8 nitrogen and oxygen atoms in total. The van der Waals surface area contributed by atoms with Crippen molar-refractivity contribution in [1.29, 1.82) is 0 Å². The number of fused-ring (bicyclic) bond motifs is 1. The number of ketones is 1. The van der Waals surface area contributed by atoms with Crippen molar-refractivity contribution in [3.8, 4) is 28.7 Å². The first kappa shape index (κ1) is 25.4. The van der Waals surface area contributed by atoms with Gasteiger partial charge >= 0.3 is 0 Å². The SMILES string of the molecule is COc1ccc(C(c2ccc(O)cc2)[C@@H](C(=O)c2ccc(O)cc2O)c2coc3cc(O)ccc3c2=O)cc1. The number of rotatable bonds is 7. The number of carbonyl (C=O) groups excluding carboxylic acids is 1. The van der Waals surface area contributed by atoms with Crippen molar-refractivity contribution in [3.05, 3.63) is 124 Å². The van der Waals surface area contributed by atoms with Crippen molar-refractivity contribution in [2.24, 2.45) is 0 Å². The predicted octanol–water partition coefficient (Wildman–Crippen LogP) is 5.42. The fourth-order valence-electron chi connectivity index (χ4n) is 4.78. The van der Waals surface area contributed by atoms with Crippen molar-refractivity contribution >= 4 is 16.8 Å². The number of aromatic hydroxyl groups is 4. The second-order valence-electron chi connectivity index (χ2n) is 9.09. The van der Waals surface area contributed by atoms with Crippen LogP contribution in [0.2, 0.25) is 0 Å². The Labute approximate surface area is 222 Å². The molecule has 0 aliphatic rings. The third-order valence-electron chi connectivity index (χ3n) is 6.71. The van der Waals surface area contributed by atoms with Gasteiger partial charge in [-0.1, -0.05) is 24.3 Å². The summed E-state index contributed by atoms with van der Waals surface area (Å²) in [7, 11) is 1.53. The molecule has 5 rings (SSSR count). The molecule has 0 amide bonds. The minimum absolute atomic E-state index is 0.0244. The smallest absolute Gasteiger partial charge is 0.196 e. The summed E-state index contributed by atoms with van der Waals surface area (Å²) in [6.07, 6.45) is 1.20. The molecule has 0 spiro atoms. The Kier molecular flexibility index (Phi) is 6.68. The van der Waals surface area contributed by atoms with E-state index < -0.39 is 28.8 Å². The Morgan fingerprint density at radius 1 is 0.769 bits per heavy atom. The maximum absolute atomic E-state index is 14.3. The fourth-order valence-corrected chi connectivity index (χ4v) is 4.78. The second kappa shape index (κ2) is 10.3. The highest BCUT2D eigenvalue weighted by Gasteiger charge is 2.37. The van der Waals surface area contributed by atoms with Crippen molar-refractivity contribution in [3.63, 3.8) is 0 Å². The first-order valence-corrected chi connectivity index (χ1v) is 12.0. The normalized spacial score (nSPS) is 12.6. The maximum atomic E-state index is 14.3. The van der Waals surface area contributed by atoms with Crippen LogP contribution in [0.15, 0.2) is 100 Å². The van der Waals surface area contributed by atoms with Crippen LogP contribution < -0.4 is 10.2 Å². The van der Waals surface area contributed by atoms with Gasteiger partial charge in [-0.3, -0.25) is 9.59 Å². The van der Waals surface area contributed by atoms with Gasteiger partial charge in [0.1, 0.15) is 34.3 Å². The molecule has 0 radical (unpaired) electrons. The Morgan fingerprint density at radius 2 is 1.36 bits per heavy atom. The van der Waals surface area contributed by atoms with Crippen LogP contribution in [0.4, 0.5) is 0 Å². The van der Waals surface area contributed by atoms with E-state index in [9.17, 15) is 30.0 Å². The standard InChI is InChI=1S/C31H24O8/c1-38-22-10-4-18(5-11-22)28(17-2-6-19(32)7-3-17)29(31(37)23-12-8-20(33)14-26(23)35)25-16-39-27-15-21(34)9-13-24(27)30(25)36/h2-16,28-29,32-35H,1H3/t28?,29-/m0/s1. The number of methoxy groups -OCH3 is 1. The molecule has 1 unspecified atom stereocenters. The van der Waals surface area contributed by atoms with Gasteiger partial charge in [0.25, 0.3) is 0 Å². The summed E-state index contributed by atoms with van der Waals surface area (Å²) in [6.45, 7) is 0. The molecule has 0 aliphatic carbocycles. The Bertz CT molecular complexity index is 1720. The largest absolute Gasteiger partial charge is 0.508 e. The van der Waals surface area contributed by atoms with Gasteiger partial charge in [-0.2, -0.15) is 0 Å². The van der Waals surface area contributed by atoms with Crippen LogP contribution in [0.1, 0.15) is 38.9 Å². The molecule has 4 aromatic carbocycles. The monoisotopic (exact) mass is 524 g/mol. The predicted molar refractivity (Wildman–Crippen MR) is 144 cm³/mol. The molecule has 0 aliphatic heterocycles. The lowest BCUT2D eigenvalue weighted by Crippen LogP contribution is -2.27. The van der Waals surface area contributed by atoms with Crippen LogP contribution in [-0.4, -0.2) is 33.3 Å². The lowest BCUT2D eigenvalue weighted by atomic mass is 9.73. The Morgan fingerprint density at radius 3 is 2.00 bits per heavy atom. The Balaban J connectivity index is 1.80. The van der Waals surface area contributed by atoms with E-state index in [-0.39, 0.29) is 39.3 Å². The number of Topliss-reactive ketones (excluding diaryl/α,β-unsaturated/α-hetero) is 1. The van der Waals surface area contributed by atoms with E-state index in [0.717, 1.165) is 6.07 Å². The molecule has 4 N–H and O–H groups in total. The van der Waals surface area contributed by atoms with Gasteiger partial charge < -0.3 is 29.6 Å². The summed E-state index contributed by atoms with van der Waals surface area (Å²) in [5, 5.41) is 40.4. The quantitative estimate of drug-likeness (QED) is 0.207. The molecule has 39 heavy (non-hydrogen) atoms. The highest BCUT2D eigenvalue weighted by Crippen LogP contribution is 2.42. The molecule has 1 aromatic heterocycles. The van der Waals surface area contributed by atoms with Gasteiger partial charge in [-0.25, -0.2) is 0 Å². The summed E-state index contributed by atoms with van der Waals surface area (Å²) in [4.78, 5) is 28.1. The zero-order valence-corrected chi connectivity index (χ0v) is 20.7. The number of benzene rings is 4. The average molecular weight is 525 g/mol. The van der Waals surface area contributed by atoms with Crippen LogP contribution >= 0.6 is 0 Å². The van der Waals surface area contributed by atoms with Gasteiger partial charge in [-0.05, 0) is 59.7 Å². The minimum atomic E-state index is -1.20. The minimum Gasteiger partial charge on any atom is -0.508 e. The van der Waals surface area contributed by atoms with E-state index in [0.29, 0.717) is 16.9 Å². The summed E-state index contributed by atoms with van der Waals surface area (Å²) in [5.74, 6) is -2.70. The molecule has 8 heteroatoms. The lowest BCUT2D eigenvalue weighted by molar-refractivity contribution is 0.0947. The van der Waals surface area contributed by atoms with Crippen LogP contribution in [0.5, 0.6) is 28.7 Å². The van der Waals surface area contributed by atoms with E-state index in [4.69, 9.17) is 9.15 Å². The molecule has 0 bridgehead atoms. The zero-order valence-electron chi connectivity index (χ0n) is 20.7. The lowest BCUT2D eigenvalue weighted by Gasteiger charge is -2.28. The first-order chi connectivity index (χ1) is 18.8. The van der Waals surface area contributed by atoms with Gasteiger partial charge in [0.15, 0.2) is 11.2 Å². The van der Waals surface area contributed by atoms with Crippen molar-refractivity contribution in [2.45, 2.75) is 11.8 Å². The first-order valence-electron chi connectivity index (χ1n) is 12.0. The van der Waals surface area contributed by atoms with E-state index >= 15 is 0 Å². The number of hydrogen-bond acceptors (Lipinski definition) is 8. The molecule has 5 aromatic rings. The van der Waals surface area contributed by atoms with Crippen LogP contribution in [0, 0.1) is 0 Å². The fraction of sp³-hybridized carbons (Fsp3) is 0.0968. The Hall–Kier alpha value is -5.24. The van der Waals surface area contributed by atoms with E-state index in [1.807, 2.05) is 0 Å². The number of ether oxygens (including phenoxy) is 1. The maximum Gasteiger partial charge on any atom is 0.196 e. The van der Waals surface area contributed by atoms with Crippen LogP contribution in [0.3, 0.4) is 0 Å². The number of hydrogen-bond donors (Lipinski definition) is 4. The highest BCUT2D eigenvalue weighted by molar-refractivity contribution is 6.04. The highest BCUT2D eigenvalue weighted by atomic mass is 16.5. The molecule has 0 saturated heterocycles. The molecule has 2 atom stereocenters. The summed E-state index contributed by atoms with van der Waals surface area (Å²) >= 11 is 0. The summed E-state index contributed by atoms with van der Waals surface area (Å²) < 4.78 is 11.0. The van der Waals surface area contributed by atoms with E-state index in [1.165, 1.54) is 55.8 Å². The molecular formula is C31H24O8. The summed E-state index contributed by atoms with van der Waals surface area (Å²) in [5.41, 5.74) is 0.862. The van der Waals surface area contributed by atoms with Gasteiger partial charge in [0, 0.05) is 23.6 Å². The van der Waals surface area contributed by atoms with Crippen molar-refractivity contribution in [1.82, 2.24) is 0 Å². The third-order valence-corrected chi connectivity index (χ3v) is 6.71.